The highest BCUT2D eigenvalue weighted by molar-refractivity contribution is 6.00. The van der Waals surface area contributed by atoms with Crippen LogP contribution in [0.4, 0.5) is 0 Å². The average Bonchev–Trinajstić information content (AvgIpc) is 2.77. The number of nitrogens with zero attached hydrogens (tertiary/aromatic N) is 1. The van der Waals surface area contributed by atoms with E-state index in [0.717, 1.165) is 42.1 Å². The Kier molecular flexibility index (Phi) is 7.34. The molecule has 3 rings (SSSR count). The molecule has 29 heavy (non-hydrogen) atoms. The van der Waals surface area contributed by atoms with Crippen LogP contribution < -0.4 is 10.6 Å². The van der Waals surface area contributed by atoms with Crippen molar-refractivity contribution >= 4 is 22.7 Å². The van der Waals surface area contributed by atoms with Crippen molar-refractivity contribution in [3.8, 4) is 0 Å². The summed E-state index contributed by atoms with van der Waals surface area (Å²) in [7, 11) is 0. The largest absolute Gasteiger partial charge is 0.354 e. The van der Waals surface area contributed by atoms with Gasteiger partial charge in [0.25, 0.3) is 5.91 Å². The van der Waals surface area contributed by atoms with Gasteiger partial charge in [-0.3, -0.25) is 14.6 Å². The van der Waals surface area contributed by atoms with E-state index in [2.05, 4.69) is 22.5 Å². The van der Waals surface area contributed by atoms with Crippen LogP contribution in [0, 0.1) is 0 Å². The maximum absolute atomic E-state index is 12.9. The van der Waals surface area contributed by atoms with Crippen molar-refractivity contribution < 1.29 is 9.59 Å². The molecule has 0 saturated heterocycles. The zero-order valence-electron chi connectivity index (χ0n) is 16.7. The number of hydrogen-bond acceptors (Lipinski definition) is 3. The van der Waals surface area contributed by atoms with Gasteiger partial charge in [-0.2, -0.15) is 0 Å². The molecule has 0 bridgehead atoms. The standard InChI is InChI=1S/C24H27N3O2/c1-2-3-4-8-15-26-24(29)22(18-10-6-5-7-11-18)27-23(28)20-13-14-21-19(17-20)12-9-16-25-21/h5-7,9-14,16-17,22H,2-4,8,15H2,1H3,(H,26,29)(H,27,28). The molecule has 2 aromatic carbocycles. The minimum atomic E-state index is -0.737. The second-order valence-corrected chi connectivity index (χ2v) is 7.08. The number of carbonyl (C=O) groups excluding carboxylic acids is 2. The van der Waals surface area contributed by atoms with E-state index >= 15 is 0 Å². The molecule has 0 spiro atoms. The SMILES string of the molecule is CCCCCCNC(=O)C(NC(=O)c1ccc2ncccc2c1)c1ccccc1. The van der Waals surface area contributed by atoms with Gasteiger partial charge in [-0.1, -0.05) is 62.6 Å². The Hall–Kier alpha value is -3.21. The molecule has 3 aromatic rings. The van der Waals surface area contributed by atoms with Crippen LogP contribution in [0.5, 0.6) is 0 Å². The lowest BCUT2D eigenvalue weighted by molar-refractivity contribution is -0.123. The third-order valence-electron chi connectivity index (χ3n) is 4.87. The van der Waals surface area contributed by atoms with E-state index in [9.17, 15) is 9.59 Å². The van der Waals surface area contributed by atoms with Crippen LogP contribution >= 0.6 is 0 Å². The molecule has 5 heteroatoms. The van der Waals surface area contributed by atoms with Crippen molar-refractivity contribution in [2.75, 3.05) is 6.54 Å². The first-order chi connectivity index (χ1) is 14.2. The molecule has 1 heterocycles. The summed E-state index contributed by atoms with van der Waals surface area (Å²) in [5, 5.41) is 6.74. The minimum absolute atomic E-state index is 0.191. The minimum Gasteiger partial charge on any atom is -0.354 e. The topological polar surface area (TPSA) is 71.1 Å². The quantitative estimate of drug-likeness (QED) is 0.533. The monoisotopic (exact) mass is 389 g/mol. The van der Waals surface area contributed by atoms with E-state index in [1.54, 1.807) is 18.3 Å². The van der Waals surface area contributed by atoms with E-state index < -0.39 is 6.04 Å². The maximum Gasteiger partial charge on any atom is 0.252 e. The predicted octanol–water partition coefficient (Wildman–Crippen LogP) is 4.40. The smallest absolute Gasteiger partial charge is 0.252 e. The molecule has 1 aromatic heterocycles. The first-order valence-electron chi connectivity index (χ1n) is 10.2. The molecule has 1 unspecified atom stereocenters. The number of hydrogen-bond donors (Lipinski definition) is 2. The van der Waals surface area contributed by atoms with Crippen molar-refractivity contribution in [1.82, 2.24) is 15.6 Å². The molecule has 0 aliphatic rings. The summed E-state index contributed by atoms with van der Waals surface area (Å²) in [6.45, 7) is 2.77. The summed E-state index contributed by atoms with van der Waals surface area (Å²) in [5.41, 5.74) is 2.09. The van der Waals surface area contributed by atoms with Crippen molar-refractivity contribution in [1.29, 1.82) is 0 Å². The van der Waals surface area contributed by atoms with Gasteiger partial charge >= 0.3 is 0 Å². The van der Waals surface area contributed by atoms with Gasteiger partial charge in [0.05, 0.1) is 5.52 Å². The van der Waals surface area contributed by atoms with Gasteiger partial charge < -0.3 is 10.6 Å². The maximum atomic E-state index is 12.9. The lowest BCUT2D eigenvalue weighted by atomic mass is 10.0. The summed E-state index contributed by atoms with van der Waals surface area (Å²) in [5.74, 6) is -0.478. The average molecular weight is 389 g/mol. The summed E-state index contributed by atoms with van der Waals surface area (Å²) in [4.78, 5) is 30.0. The number of benzene rings is 2. The Bertz CT molecular complexity index is 957. The van der Waals surface area contributed by atoms with Crippen LogP contribution in [0.3, 0.4) is 0 Å². The van der Waals surface area contributed by atoms with Gasteiger partial charge in [-0.25, -0.2) is 0 Å². The first-order valence-corrected chi connectivity index (χ1v) is 10.2. The Morgan fingerprint density at radius 1 is 0.966 bits per heavy atom. The van der Waals surface area contributed by atoms with Crippen molar-refractivity contribution in [3.63, 3.8) is 0 Å². The second kappa shape index (κ2) is 10.4. The second-order valence-electron chi connectivity index (χ2n) is 7.08. The van der Waals surface area contributed by atoms with E-state index in [-0.39, 0.29) is 11.8 Å². The number of nitrogens with one attached hydrogen (secondary N) is 2. The summed E-state index contributed by atoms with van der Waals surface area (Å²) in [6, 6.07) is 17.7. The number of carbonyl (C=O) groups is 2. The fraction of sp³-hybridized carbons (Fsp3) is 0.292. The van der Waals surface area contributed by atoms with Gasteiger partial charge in [-0.05, 0) is 36.2 Å². The molecule has 0 radical (unpaired) electrons. The number of amides is 2. The molecular formula is C24H27N3O2. The molecule has 0 aliphatic carbocycles. The summed E-state index contributed by atoms with van der Waals surface area (Å²) < 4.78 is 0. The van der Waals surface area contributed by atoms with Crippen LogP contribution in [0.15, 0.2) is 66.9 Å². The Morgan fingerprint density at radius 3 is 2.59 bits per heavy atom. The molecule has 5 nitrogen and oxygen atoms in total. The van der Waals surface area contributed by atoms with E-state index in [4.69, 9.17) is 0 Å². The van der Waals surface area contributed by atoms with Gasteiger partial charge in [-0.15, -0.1) is 0 Å². The van der Waals surface area contributed by atoms with Crippen LogP contribution in [0.25, 0.3) is 10.9 Å². The molecule has 2 amide bonds. The van der Waals surface area contributed by atoms with Crippen molar-refractivity contribution in [2.45, 2.75) is 38.6 Å². The molecule has 1 atom stereocenters. The van der Waals surface area contributed by atoms with Gasteiger partial charge in [0.2, 0.25) is 5.91 Å². The highest BCUT2D eigenvalue weighted by Gasteiger charge is 2.23. The zero-order valence-corrected chi connectivity index (χ0v) is 16.7. The Balaban J connectivity index is 1.73. The fourth-order valence-corrected chi connectivity index (χ4v) is 3.24. The fourth-order valence-electron chi connectivity index (χ4n) is 3.24. The summed E-state index contributed by atoms with van der Waals surface area (Å²) in [6.07, 6.45) is 6.05. The van der Waals surface area contributed by atoms with Crippen LogP contribution in [0.1, 0.15) is 54.6 Å². The summed E-state index contributed by atoms with van der Waals surface area (Å²) >= 11 is 0. The van der Waals surface area contributed by atoms with Gasteiger partial charge in [0.15, 0.2) is 0 Å². The van der Waals surface area contributed by atoms with Gasteiger partial charge in [0.1, 0.15) is 6.04 Å². The number of aromatic nitrogens is 1. The highest BCUT2D eigenvalue weighted by atomic mass is 16.2. The lowest BCUT2D eigenvalue weighted by Gasteiger charge is -2.19. The van der Waals surface area contributed by atoms with E-state index in [1.165, 1.54) is 0 Å². The lowest BCUT2D eigenvalue weighted by Crippen LogP contribution is -2.40. The Labute approximate surface area is 171 Å². The molecular weight excluding hydrogens is 362 g/mol. The number of unbranched alkanes of at least 4 members (excludes halogenated alkanes) is 3. The van der Waals surface area contributed by atoms with E-state index in [0.29, 0.717) is 12.1 Å². The van der Waals surface area contributed by atoms with Crippen LogP contribution in [-0.2, 0) is 4.79 Å². The number of rotatable bonds is 9. The predicted molar refractivity (Wildman–Crippen MR) is 116 cm³/mol. The number of pyridine rings is 1. The zero-order chi connectivity index (χ0) is 20.5. The highest BCUT2D eigenvalue weighted by Crippen LogP contribution is 2.17. The van der Waals surface area contributed by atoms with E-state index in [1.807, 2.05) is 48.5 Å². The normalized spacial score (nSPS) is 11.8. The third kappa shape index (κ3) is 5.64. The van der Waals surface area contributed by atoms with Crippen molar-refractivity contribution in [3.05, 3.63) is 78.0 Å². The number of fused-ring (bicyclic) bond motifs is 1. The molecule has 0 fully saturated rings. The molecule has 150 valence electrons. The Morgan fingerprint density at radius 2 is 1.79 bits per heavy atom. The van der Waals surface area contributed by atoms with Crippen LogP contribution in [-0.4, -0.2) is 23.3 Å². The first kappa shape index (κ1) is 20.5. The van der Waals surface area contributed by atoms with Crippen molar-refractivity contribution in [2.24, 2.45) is 0 Å². The third-order valence-corrected chi connectivity index (χ3v) is 4.87. The molecule has 2 N–H and O–H groups in total. The van der Waals surface area contributed by atoms with Gasteiger partial charge in [0, 0.05) is 23.7 Å². The molecule has 0 aliphatic heterocycles. The van der Waals surface area contributed by atoms with Crippen LogP contribution in [0.2, 0.25) is 0 Å². The molecule has 0 saturated carbocycles.